The third-order valence-electron chi connectivity index (χ3n) is 4.18. The van der Waals surface area contributed by atoms with E-state index in [-0.39, 0.29) is 17.7 Å². The fourth-order valence-corrected chi connectivity index (χ4v) is 3.75. The van der Waals surface area contributed by atoms with Gasteiger partial charge in [-0.25, -0.2) is 0 Å². The van der Waals surface area contributed by atoms with Gasteiger partial charge in [0.15, 0.2) is 0 Å². The van der Waals surface area contributed by atoms with Crippen molar-refractivity contribution in [1.82, 2.24) is 14.7 Å². The summed E-state index contributed by atoms with van der Waals surface area (Å²) in [6.45, 7) is 3.24. The summed E-state index contributed by atoms with van der Waals surface area (Å²) in [5.41, 5.74) is 0.902. The van der Waals surface area contributed by atoms with Gasteiger partial charge in [0.2, 0.25) is 22.9 Å². The van der Waals surface area contributed by atoms with Crippen LogP contribution in [0.4, 0.5) is 11.1 Å². The monoisotopic (exact) mass is 393 g/mol. The van der Waals surface area contributed by atoms with Crippen molar-refractivity contribution >= 4 is 46.0 Å². The summed E-state index contributed by atoms with van der Waals surface area (Å²) in [4.78, 5) is 30.0. The number of nitrogens with zero attached hydrogens (tertiary/aromatic N) is 3. The number of piperidine rings is 1. The Labute approximate surface area is 160 Å². The molecule has 1 unspecified atom stereocenters. The molecule has 1 atom stereocenters. The molecule has 7 nitrogen and oxygen atoms in total. The number of halogens is 1. The maximum absolute atomic E-state index is 12.5. The van der Waals surface area contributed by atoms with Gasteiger partial charge in [-0.3, -0.25) is 14.9 Å². The van der Waals surface area contributed by atoms with Gasteiger partial charge in [-0.15, -0.1) is 0 Å². The SMILES string of the molecule is CC(=O)Nc1nsc(N2CCCC(C(=O)NCc3ccccc3Cl)C2)n1. The number of nitrogens with one attached hydrogen (secondary N) is 2. The van der Waals surface area contributed by atoms with Crippen molar-refractivity contribution < 1.29 is 9.59 Å². The number of anilines is 2. The predicted octanol–water partition coefficient (Wildman–Crippen LogP) is 2.68. The maximum atomic E-state index is 12.5. The summed E-state index contributed by atoms with van der Waals surface area (Å²) in [7, 11) is 0. The highest BCUT2D eigenvalue weighted by Gasteiger charge is 2.27. The van der Waals surface area contributed by atoms with E-state index in [1.807, 2.05) is 29.2 Å². The number of carbonyl (C=O) groups excluding carboxylic acids is 2. The van der Waals surface area contributed by atoms with E-state index in [1.54, 1.807) is 0 Å². The summed E-state index contributed by atoms with van der Waals surface area (Å²) in [6.07, 6.45) is 1.74. The van der Waals surface area contributed by atoms with Gasteiger partial charge in [-0.05, 0) is 24.5 Å². The number of hydrogen-bond acceptors (Lipinski definition) is 6. The molecule has 0 aliphatic carbocycles. The van der Waals surface area contributed by atoms with Gasteiger partial charge < -0.3 is 10.2 Å². The normalized spacial score (nSPS) is 17.0. The lowest BCUT2D eigenvalue weighted by atomic mass is 9.97. The molecule has 1 aliphatic heterocycles. The van der Waals surface area contributed by atoms with Crippen LogP contribution in [0.3, 0.4) is 0 Å². The molecular weight excluding hydrogens is 374 g/mol. The van der Waals surface area contributed by atoms with E-state index in [2.05, 4.69) is 20.0 Å². The van der Waals surface area contributed by atoms with E-state index in [0.717, 1.165) is 30.1 Å². The van der Waals surface area contributed by atoms with Crippen LogP contribution in [0.15, 0.2) is 24.3 Å². The van der Waals surface area contributed by atoms with Crippen LogP contribution >= 0.6 is 23.1 Å². The van der Waals surface area contributed by atoms with Crippen molar-refractivity contribution in [3.8, 4) is 0 Å². The maximum Gasteiger partial charge on any atom is 0.243 e. The predicted molar refractivity (Wildman–Crippen MR) is 102 cm³/mol. The lowest BCUT2D eigenvalue weighted by Crippen LogP contribution is -2.43. The van der Waals surface area contributed by atoms with Crippen LogP contribution < -0.4 is 15.5 Å². The van der Waals surface area contributed by atoms with Crippen LogP contribution in [0.5, 0.6) is 0 Å². The third kappa shape index (κ3) is 4.70. The van der Waals surface area contributed by atoms with Crippen molar-refractivity contribution in [2.75, 3.05) is 23.3 Å². The minimum absolute atomic E-state index is 0.0150. The average molecular weight is 394 g/mol. The number of carbonyl (C=O) groups is 2. The fourth-order valence-electron chi connectivity index (χ4n) is 2.89. The highest BCUT2D eigenvalue weighted by molar-refractivity contribution is 7.09. The molecule has 1 aromatic heterocycles. The lowest BCUT2D eigenvalue weighted by Gasteiger charge is -2.31. The second kappa shape index (κ2) is 8.46. The first-order chi connectivity index (χ1) is 12.5. The molecule has 138 valence electrons. The van der Waals surface area contributed by atoms with E-state index in [1.165, 1.54) is 18.5 Å². The molecule has 2 N–H and O–H groups in total. The zero-order chi connectivity index (χ0) is 18.5. The highest BCUT2D eigenvalue weighted by atomic mass is 35.5. The number of aromatic nitrogens is 2. The molecule has 0 spiro atoms. The number of benzene rings is 1. The minimum Gasteiger partial charge on any atom is -0.352 e. The number of hydrogen-bond donors (Lipinski definition) is 2. The van der Waals surface area contributed by atoms with E-state index in [4.69, 9.17) is 11.6 Å². The summed E-state index contributed by atoms with van der Waals surface area (Å²) >= 11 is 7.36. The Morgan fingerprint density at radius 3 is 2.96 bits per heavy atom. The topological polar surface area (TPSA) is 87.2 Å². The average Bonchev–Trinajstić information content (AvgIpc) is 3.08. The Balaban J connectivity index is 1.57. The van der Waals surface area contributed by atoms with Gasteiger partial charge in [0.25, 0.3) is 0 Å². The Hall–Kier alpha value is -2.19. The molecule has 0 saturated carbocycles. The van der Waals surface area contributed by atoms with Crippen molar-refractivity contribution in [2.45, 2.75) is 26.3 Å². The summed E-state index contributed by atoms with van der Waals surface area (Å²) in [6, 6.07) is 7.48. The molecule has 3 rings (SSSR count). The zero-order valence-electron chi connectivity index (χ0n) is 14.4. The number of rotatable bonds is 5. The third-order valence-corrected chi connectivity index (χ3v) is 5.32. The first-order valence-corrected chi connectivity index (χ1v) is 9.55. The van der Waals surface area contributed by atoms with E-state index >= 15 is 0 Å². The second-order valence-corrected chi connectivity index (χ2v) is 7.31. The highest BCUT2D eigenvalue weighted by Crippen LogP contribution is 2.26. The molecular formula is C17H20ClN5O2S. The van der Waals surface area contributed by atoms with Crippen LogP contribution in [-0.2, 0) is 16.1 Å². The van der Waals surface area contributed by atoms with Crippen LogP contribution in [0, 0.1) is 5.92 Å². The first kappa shape index (κ1) is 18.6. The van der Waals surface area contributed by atoms with Crippen LogP contribution in [0.1, 0.15) is 25.3 Å². The molecule has 1 fully saturated rings. The lowest BCUT2D eigenvalue weighted by molar-refractivity contribution is -0.125. The zero-order valence-corrected chi connectivity index (χ0v) is 15.9. The van der Waals surface area contributed by atoms with Crippen LogP contribution in [0.2, 0.25) is 5.02 Å². The van der Waals surface area contributed by atoms with Gasteiger partial charge in [0.05, 0.1) is 5.92 Å². The number of amides is 2. The molecule has 1 aliphatic rings. The molecule has 26 heavy (non-hydrogen) atoms. The molecule has 2 aromatic rings. The van der Waals surface area contributed by atoms with Gasteiger partial charge in [0.1, 0.15) is 0 Å². The Morgan fingerprint density at radius 1 is 1.38 bits per heavy atom. The van der Waals surface area contributed by atoms with Crippen molar-refractivity contribution in [3.05, 3.63) is 34.9 Å². The molecule has 9 heteroatoms. The van der Waals surface area contributed by atoms with E-state index in [9.17, 15) is 9.59 Å². The first-order valence-electron chi connectivity index (χ1n) is 8.40. The molecule has 0 radical (unpaired) electrons. The van der Waals surface area contributed by atoms with Crippen molar-refractivity contribution in [2.24, 2.45) is 5.92 Å². The molecule has 0 bridgehead atoms. The van der Waals surface area contributed by atoms with Gasteiger partial charge >= 0.3 is 0 Å². The van der Waals surface area contributed by atoms with Gasteiger partial charge in [0, 0.05) is 43.1 Å². The quantitative estimate of drug-likeness (QED) is 0.815. The van der Waals surface area contributed by atoms with Crippen LogP contribution in [-0.4, -0.2) is 34.3 Å². The summed E-state index contributed by atoms with van der Waals surface area (Å²) in [5.74, 6) is 0.00758. The molecule has 2 amide bonds. The second-order valence-electron chi connectivity index (χ2n) is 6.18. The minimum atomic E-state index is -0.204. The summed E-state index contributed by atoms with van der Waals surface area (Å²) in [5, 5.41) is 6.92. The van der Waals surface area contributed by atoms with Crippen LogP contribution in [0.25, 0.3) is 0 Å². The van der Waals surface area contributed by atoms with Gasteiger partial charge in [-0.1, -0.05) is 29.8 Å². The van der Waals surface area contributed by atoms with Crippen molar-refractivity contribution in [1.29, 1.82) is 0 Å². The van der Waals surface area contributed by atoms with E-state index < -0.39 is 0 Å². The Kier molecular flexibility index (Phi) is 6.05. The largest absolute Gasteiger partial charge is 0.352 e. The fraction of sp³-hybridized carbons (Fsp3) is 0.412. The smallest absolute Gasteiger partial charge is 0.243 e. The van der Waals surface area contributed by atoms with E-state index in [0.29, 0.717) is 24.1 Å². The van der Waals surface area contributed by atoms with Crippen molar-refractivity contribution in [3.63, 3.8) is 0 Å². The molecule has 2 heterocycles. The summed E-state index contributed by atoms with van der Waals surface area (Å²) < 4.78 is 4.13. The van der Waals surface area contributed by atoms with Gasteiger partial charge in [-0.2, -0.15) is 9.36 Å². The standard InChI is InChI=1S/C17H20ClN5O2S/c1-11(24)20-16-21-17(26-22-16)23-8-4-6-13(10-23)15(25)19-9-12-5-2-3-7-14(12)18/h2-3,5,7,13H,4,6,8-10H2,1H3,(H,19,25)(H,20,22,24). The molecule has 1 saturated heterocycles. The Morgan fingerprint density at radius 2 is 2.19 bits per heavy atom. The Bertz CT molecular complexity index is 797. The molecule has 1 aromatic carbocycles.